The molecule has 0 bridgehead atoms. The minimum Gasteiger partial charge on any atom is -0.457 e. The van der Waals surface area contributed by atoms with Crippen LogP contribution in [-0.2, 0) is 0 Å². The average molecular weight is 243 g/mol. The maximum Gasteiger partial charge on any atom is 0.316 e. The molecular weight excluding hydrogens is 230 g/mol. The second-order valence-electron chi connectivity index (χ2n) is 3.76. The van der Waals surface area contributed by atoms with Crippen molar-refractivity contribution < 1.29 is 9.53 Å². The fourth-order valence-electron chi connectivity index (χ4n) is 1.45. The Morgan fingerprint density at radius 3 is 2.61 bits per heavy atom. The highest BCUT2D eigenvalue weighted by Gasteiger charge is 2.01. The molecule has 2 aromatic rings. The lowest BCUT2D eigenvalue weighted by Crippen LogP contribution is -2.19. The van der Waals surface area contributed by atoms with E-state index in [4.69, 9.17) is 10.5 Å². The molecule has 0 aliphatic carbocycles. The van der Waals surface area contributed by atoms with Crippen LogP contribution in [-0.4, -0.2) is 11.0 Å². The number of carbonyl (C=O) groups excluding carboxylic acids is 1. The first kappa shape index (κ1) is 11.9. The van der Waals surface area contributed by atoms with Crippen molar-refractivity contribution in [2.24, 2.45) is 5.73 Å². The van der Waals surface area contributed by atoms with Crippen LogP contribution in [0.2, 0.25) is 0 Å². The van der Waals surface area contributed by atoms with E-state index in [1.165, 1.54) is 0 Å². The monoisotopic (exact) mass is 243 g/mol. The van der Waals surface area contributed by atoms with Crippen LogP contribution in [0.4, 0.5) is 10.5 Å². The molecule has 0 aliphatic heterocycles. The molecule has 5 nitrogen and oxygen atoms in total. The number of carbonyl (C=O) groups is 1. The van der Waals surface area contributed by atoms with E-state index in [1.54, 1.807) is 42.7 Å². The number of aromatic nitrogens is 1. The van der Waals surface area contributed by atoms with E-state index in [-0.39, 0.29) is 0 Å². The SMILES string of the molecule is Cc1cnccc1Oc1ccc(NC(N)=O)cc1. The zero-order chi connectivity index (χ0) is 13.0. The standard InChI is InChI=1S/C13H13N3O2/c1-9-8-15-7-6-12(9)18-11-4-2-10(3-5-11)16-13(14)17/h2-8H,1H3,(H3,14,16,17). The molecular formula is C13H13N3O2. The van der Waals surface area contributed by atoms with E-state index in [1.807, 2.05) is 6.92 Å². The number of rotatable bonds is 3. The molecule has 0 fully saturated rings. The smallest absolute Gasteiger partial charge is 0.316 e. The first-order chi connectivity index (χ1) is 8.65. The predicted molar refractivity (Wildman–Crippen MR) is 68.7 cm³/mol. The highest BCUT2D eigenvalue weighted by Crippen LogP contribution is 2.24. The van der Waals surface area contributed by atoms with Crippen molar-refractivity contribution >= 4 is 11.7 Å². The number of benzene rings is 1. The van der Waals surface area contributed by atoms with Gasteiger partial charge in [0.2, 0.25) is 0 Å². The maximum absolute atomic E-state index is 10.7. The first-order valence-electron chi connectivity index (χ1n) is 5.40. The number of amides is 2. The quantitative estimate of drug-likeness (QED) is 0.870. The lowest BCUT2D eigenvalue weighted by atomic mass is 10.3. The number of hydrogen-bond donors (Lipinski definition) is 2. The van der Waals surface area contributed by atoms with Crippen molar-refractivity contribution in [1.29, 1.82) is 0 Å². The summed E-state index contributed by atoms with van der Waals surface area (Å²) in [5.74, 6) is 1.43. The number of nitrogens with one attached hydrogen (secondary N) is 1. The second kappa shape index (κ2) is 5.18. The zero-order valence-corrected chi connectivity index (χ0v) is 9.88. The molecule has 0 spiro atoms. The van der Waals surface area contributed by atoms with Gasteiger partial charge in [-0.15, -0.1) is 0 Å². The Bertz CT molecular complexity index is 552. The molecule has 0 saturated heterocycles. The van der Waals surface area contributed by atoms with Gasteiger partial charge in [-0.05, 0) is 37.3 Å². The molecule has 1 aromatic carbocycles. The van der Waals surface area contributed by atoms with E-state index in [2.05, 4.69) is 10.3 Å². The molecule has 0 aliphatic rings. The fourth-order valence-corrected chi connectivity index (χ4v) is 1.45. The summed E-state index contributed by atoms with van der Waals surface area (Å²) in [4.78, 5) is 14.7. The molecule has 0 atom stereocenters. The van der Waals surface area contributed by atoms with Crippen LogP contribution in [0.1, 0.15) is 5.56 Å². The second-order valence-corrected chi connectivity index (χ2v) is 3.76. The minimum atomic E-state index is -0.589. The van der Waals surface area contributed by atoms with E-state index in [0.717, 1.165) is 11.3 Å². The lowest BCUT2D eigenvalue weighted by Gasteiger charge is -2.08. The molecule has 2 rings (SSSR count). The van der Waals surface area contributed by atoms with Crippen molar-refractivity contribution in [3.05, 3.63) is 48.3 Å². The van der Waals surface area contributed by atoms with Crippen molar-refractivity contribution in [3.63, 3.8) is 0 Å². The van der Waals surface area contributed by atoms with Gasteiger partial charge in [0.15, 0.2) is 0 Å². The molecule has 3 N–H and O–H groups in total. The Kier molecular flexibility index (Phi) is 3.43. The van der Waals surface area contributed by atoms with Crippen LogP contribution in [0.25, 0.3) is 0 Å². The number of anilines is 1. The van der Waals surface area contributed by atoms with Gasteiger partial charge in [0, 0.05) is 23.6 Å². The normalized spacial score (nSPS) is 9.83. The van der Waals surface area contributed by atoms with Crippen molar-refractivity contribution in [2.75, 3.05) is 5.32 Å². The Morgan fingerprint density at radius 2 is 2.00 bits per heavy atom. The molecule has 0 saturated carbocycles. The summed E-state index contributed by atoms with van der Waals surface area (Å²) in [7, 11) is 0. The van der Waals surface area contributed by atoms with E-state index >= 15 is 0 Å². The van der Waals surface area contributed by atoms with Crippen LogP contribution >= 0.6 is 0 Å². The third kappa shape index (κ3) is 2.98. The highest BCUT2D eigenvalue weighted by atomic mass is 16.5. The first-order valence-corrected chi connectivity index (χ1v) is 5.40. The van der Waals surface area contributed by atoms with Gasteiger partial charge in [0.25, 0.3) is 0 Å². The van der Waals surface area contributed by atoms with E-state index in [0.29, 0.717) is 11.4 Å². The largest absolute Gasteiger partial charge is 0.457 e. The van der Waals surface area contributed by atoms with Crippen LogP contribution in [0.3, 0.4) is 0 Å². The Hall–Kier alpha value is -2.56. The maximum atomic E-state index is 10.7. The Balaban J connectivity index is 2.11. The average Bonchev–Trinajstić information content (AvgIpc) is 2.34. The molecule has 18 heavy (non-hydrogen) atoms. The van der Waals surface area contributed by atoms with Gasteiger partial charge < -0.3 is 15.8 Å². The summed E-state index contributed by atoms with van der Waals surface area (Å²) < 4.78 is 5.69. The third-order valence-corrected chi connectivity index (χ3v) is 2.32. The van der Waals surface area contributed by atoms with Crippen LogP contribution in [0.15, 0.2) is 42.7 Å². The van der Waals surface area contributed by atoms with Crippen LogP contribution < -0.4 is 15.8 Å². The van der Waals surface area contributed by atoms with Gasteiger partial charge in [-0.2, -0.15) is 0 Å². The van der Waals surface area contributed by atoms with Crippen LogP contribution in [0.5, 0.6) is 11.5 Å². The van der Waals surface area contributed by atoms with Crippen molar-refractivity contribution in [3.8, 4) is 11.5 Å². The van der Waals surface area contributed by atoms with Gasteiger partial charge in [-0.25, -0.2) is 4.79 Å². The molecule has 92 valence electrons. The molecule has 1 aromatic heterocycles. The van der Waals surface area contributed by atoms with E-state index < -0.39 is 6.03 Å². The topological polar surface area (TPSA) is 77.2 Å². The lowest BCUT2D eigenvalue weighted by molar-refractivity contribution is 0.259. The summed E-state index contributed by atoms with van der Waals surface area (Å²) in [6.45, 7) is 1.92. The number of primary amides is 1. The number of pyridine rings is 1. The van der Waals surface area contributed by atoms with Crippen molar-refractivity contribution in [1.82, 2.24) is 4.98 Å². The van der Waals surface area contributed by atoms with Gasteiger partial charge >= 0.3 is 6.03 Å². The van der Waals surface area contributed by atoms with E-state index in [9.17, 15) is 4.79 Å². The summed E-state index contributed by atoms with van der Waals surface area (Å²) >= 11 is 0. The van der Waals surface area contributed by atoms with Crippen LogP contribution in [0, 0.1) is 6.92 Å². The number of ether oxygens (including phenoxy) is 1. The Morgan fingerprint density at radius 1 is 1.28 bits per heavy atom. The Labute approximate surface area is 105 Å². The molecule has 2 amide bonds. The zero-order valence-electron chi connectivity index (χ0n) is 9.88. The fraction of sp³-hybridized carbons (Fsp3) is 0.0769. The molecule has 0 unspecified atom stereocenters. The number of urea groups is 1. The molecule has 5 heteroatoms. The predicted octanol–water partition coefficient (Wildman–Crippen LogP) is 2.67. The van der Waals surface area contributed by atoms with Crippen molar-refractivity contribution in [2.45, 2.75) is 6.92 Å². The van der Waals surface area contributed by atoms with Gasteiger partial charge in [0.05, 0.1) is 0 Å². The highest BCUT2D eigenvalue weighted by molar-refractivity contribution is 5.87. The molecule has 0 radical (unpaired) electrons. The summed E-state index contributed by atoms with van der Waals surface area (Å²) in [5.41, 5.74) is 6.60. The number of aryl methyl sites for hydroxylation is 1. The van der Waals surface area contributed by atoms with Gasteiger partial charge in [0.1, 0.15) is 11.5 Å². The van der Waals surface area contributed by atoms with Gasteiger partial charge in [-0.1, -0.05) is 0 Å². The number of hydrogen-bond acceptors (Lipinski definition) is 3. The molecule has 1 heterocycles. The number of nitrogens with two attached hydrogens (primary N) is 1. The summed E-state index contributed by atoms with van der Waals surface area (Å²) in [6, 6.07) is 8.16. The third-order valence-electron chi connectivity index (χ3n) is 2.32. The minimum absolute atomic E-state index is 0.589. The van der Waals surface area contributed by atoms with Gasteiger partial charge in [-0.3, -0.25) is 4.98 Å². The summed E-state index contributed by atoms with van der Waals surface area (Å²) in [5, 5.41) is 2.48. The number of nitrogens with zero attached hydrogens (tertiary/aromatic N) is 1. The summed E-state index contributed by atoms with van der Waals surface area (Å²) in [6.07, 6.45) is 3.41.